The summed E-state index contributed by atoms with van der Waals surface area (Å²) in [5.74, 6) is 3.95. The van der Waals surface area contributed by atoms with Crippen LogP contribution in [0.2, 0.25) is 0 Å². The molecule has 0 spiro atoms. The molecule has 0 radical (unpaired) electrons. The van der Waals surface area contributed by atoms with Gasteiger partial charge in [-0.05, 0) is 48.4 Å². The van der Waals surface area contributed by atoms with E-state index in [0.29, 0.717) is 17.8 Å². The van der Waals surface area contributed by atoms with Gasteiger partial charge in [0, 0.05) is 12.1 Å². The monoisotopic (exact) mass is 355 g/mol. The molecular weight excluding hydrogens is 322 g/mol. The van der Waals surface area contributed by atoms with Crippen LogP contribution in [-0.4, -0.2) is 18.2 Å². The lowest BCUT2D eigenvalue weighted by Crippen LogP contribution is -2.19. The van der Waals surface area contributed by atoms with Gasteiger partial charge in [-0.1, -0.05) is 52.8 Å². The number of para-hydroxylation sites is 1. The standard InChI is InChI=1S/C11H15NO.C10H12O.C2H6/c1-8(2)9-5-7-13-10-4-3-6-12-11(9)10;1-8-6-7-11-10-5-3-2-4-9(8)10;1-2/h3-4,6,8-9H,5,7H2,1-2H3;2-5,8H,6-7H2,1H3;1-2H3. The Hall–Kier alpha value is -2.03. The van der Waals surface area contributed by atoms with E-state index in [9.17, 15) is 0 Å². The van der Waals surface area contributed by atoms with Crippen molar-refractivity contribution >= 4 is 0 Å². The Morgan fingerprint density at radius 1 is 0.923 bits per heavy atom. The van der Waals surface area contributed by atoms with Crippen LogP contribution in [0, 0.1) is 5.92 Å². The van der Waals surface area contributed by atoms with E-state index in [1.807, 2.05) is 44.3 Å². The summed E-state index contributed by atoms with van der Waals surface area (Å²) < 4.78 is 11.0. The van der Waals surface area contributed by atoms with Gasteiger partial charge in [-0.25, -0.2) is 0 Å². The first-order chi connectivity index (χ1) is 12.7. The van der Waals surface area contributed by atoms with Crippen molar-refractivity contribution in [2.45, 2.75) is 59.3 Å². The SMILES string of the molecule is CC.CC(C)C1CCOc2cccnc21.CC1CCOc2ccccc21. The fourth-order valence-electron chi connectivity index (χ4n) is 3.41. The molecule has 0 amide bonds. The van der Waals surface area contributed by atoms with Gasteiger partial charge in [0.25, 0.3) is 0 Å². The number of fused-ring (bicyclic) bond motifs is 2. The first kappa shape index (κ1) is 20.3. The molecule has 3 heteroatoms. The van der Waals surface area contributed by atoms with Crippen LogP contribution >= 0.6 is 0 Å². The number of rotatable bonds is 1. The van der Waals surface area contributed by atoms with Crippen LogP contribution in [0.4, 0.5) is 0 Å². The van der Waals surface area contributed by atoms with Gasteiger partial charge in [0.2, 0.25) is 0 Å². The number of pyridine rings is 1. The quantitative estimate of drug-likeness (QED) is 0.610. The van der Waals surface area contributed by atoms with Gasteiger partial charge >= 0.3 is 0 Å². The van der Waals surface area contributed by atoms with Crippen LogP contribution in [-0.2, 0) is 0 Å². The van der Waals surface area contributed by atoms with Crippen molar-refractivity contribution in [1.29, 1.82) is 0 Å². The predicted octanol–water partition coefficient (Wildman–Crippen LogP) is 6.20. The average molecular weight is 356 g/mol. The Bertz CT molecular complexity index is 669. The van der Waals surface area contributed by atoms with Gasteiger partial charge in [-0.3, -0.25) is 4.98 Å². The summed E-state index contributed by atoms with van der Waals surface area (Å²) in [5, 5.41) is 0. The van der Waals surface area contributed by atoms with E-state index in [1.54, 1.807) is 0 Å². The van der Waals surface area contributed by atoms with Gasteiger partial charge in [0.1, 0.15) is 11.5 Å². The molecule has 4 rings (SSSR count). The van der Waals surface area contributed by atoms with Crippen molar-refractivity contribution < 1.29 is 9.47 Å². The Labute approximate surface area is 158 Å². The van der Waals surface area contributed by atoms with E-state index >= 15 is 0 Å². The van der Waals surface area contributed by atoms with Crippen LogP contribution in [0.1, 0.15) is 70.6 Å². The van der Waals surface area contributed by atoms with Crippen molar-refractivity contribution in [1.82, 2.24) is 4.98 Å². The number of hydrogen-bond acceptors (Lipinski definition) is 3. The zero-order valence-corrected chi connectivity index (χ0v) is 16.9. The second kappa shape index (κ2) is 10.2. The molecule has 2 unspecified atom stereocenters. The molecule has 0 saturated heterocycles. The number of aromatic nitrogens is 1. The molecule has 0 N–H and O–H groups in total. The Balaban J connectivity index is 0.000000173. The normalized spacial score (nSPS) is 20.1. The van der Waals surface area contributed by atoms with Crippen LogP contribution in [0.5, 0.6) is 11.5 Å². The molecule has 2 aliphatic rings. The highest BCUT2D eigenvalue weighted by molar-refractivity contribution is 5.37. The third kappa shape index (κ3) is 5.00. The lowest BCUT2D eigenvalue weighted by Gasteiger charge is -2.27. The smallest absolute Gasteiger partial charge is 0.141 e. The summed E-state index contributed by atoms with van der Waals surface area (Å²) in [5.41, 5.74) is 2.50. The Morgan fingerprint density at radius 2 is 1.58 bits per heavy atom. The molecule has 2 atom stereocenters. The van der Waals surface area contributed by atoms with Gasteiger partial charge in [-0.15, -0.1) is 0 Å². The minimum absolute atomic E-state index is 0.574. The Morgan fingerprint density at radius 3 is 2.31 bits per heavy atom. The second-order valence-corrected chi connectivity index (χ2v) is 6.95. The van der Waals surface area contributed by atoms with Crippen LogP contribution in [0.15, 0.2) is 42.6 Å². The molecule has 3 nitrogen and oxygen atoms in total. The summed E-state index contributed by atoms with van der Waals surface area (Å²) in [6.45, 7) is 12.4. The maximum absolute atomic E-state index is 5.54. The topological polar surface area (TPSA) is 31.4 Å². The molecule has 2 aromatic rings. The largest absolute Gasteiger partial charge is 0.493 e. The zero-order chi connectivity index (χ0) is 18.9. The zero-order valence-electron chi connectivity index (χ0n) is 16.9. The first-order valence-electron chi connectivity index (χ1n) is 9.96. The average Bonchev–Trinajstić information content (AvgIpc) is 2.70. The summed E-state index contributed by atoms with van der Waals surface area (Å²) in [6.07, 6.45) is 4.10. The predicted molar refractivity (Wildman–Crippen MR) is 108 cm³/mol. The van der Waals surface area contributed by atoms with E-state index in [-0.39, 0.29) is 0 Å². The van der Waals surface area contributed by atoms with Gasteiger partial charge in [-0.2, -0.15) is 0 Å². The van der Waals surface area contributed by atoms with Gasteiger partial charge in [0.15, 0.2) is 0 Å². The third-order valence-corrected chi connectivity index (χ3v) is 4.90. The molecule has 0 bridgehead atoms. The highest BCUT2D eigenvalue weighted by atomic mass is 16.5. The van der Waals surface area contributed by atoms with Crippen molar-refractivity contribution in [3.8, 4) is 11.5 Å². The molecule has 0 aliphatic carbocycles. The summed E-state index contributed by atoms with van der Waals surface area (Å²) in [6, 6.07) is 12.2. The van der Waals surface area contributed by atoms with Crippen molar-refractivity contribution in [2.24, 2.45) is 5.92 Å². The fourth-order valence-corrected chi connectivity index (χ4v) is 3.41. The van der Waals surface area contributed by atoms with Gasteiger partial charge < -0.3 is 9.47 Å². The van der Waals surface area contributed by atoms with E-state index in [4.69, 9.17) is 9.47 Å². The molecule has 1 aromatic carbocycles. The Kier molecular flexibility index (Phi) is 7.96. The number of benzene rings is 1. The van der Waals surface area contributed by atoms with E-state index in [1.165, 1.54) is 5.56 Å². The third-order valence-electron chi connectivity index (χ3n) is 4.90. The lowest BCUT2D eigenvalue weighted by molar-refractivity contribution is 0.242. The summed E-state index contributed by atoms with van der Waals surface area (Å²) >= 11 is 0. The second-order valence-electron chi connectivity index (χ2n) is 6.95. The summed E-state index contributed by atoms with van der Waals surface area (Å²) in [4.78, 5) is 4.40. The maximum atomic E-state index is 5.54. The maximum Gasteiger partial charge on any atom is 0.141 e. The van der Waals surface area contributed by atoms with Gasteiger partial charge in [0.05, 0.1) is 18.9 Å². The van der Waals surface area contributed by atoms with E-state index in [2.05, 4.69) is 37.9 Å². The number of hydrogen-bond donors (Lipinski definition) is 0. The highest BCUT2D eigenvalue weighted by Crippen LogP contribution is 2.36. The van der Waals surface area contributed by atoms with Crippen molar-refractivity contribution in [3.63, 3.8) is 0 Å². The number of ether oxygens (including phenoxy) is 2. The minimum Gasteiger partial charge on any atom is -0.493 e. The minimum atomic E-state index is 0.574. The highest BCUT2D eigenvalue weighted by Gasteiger charge is 2.24. The lowest BCUT2D eigenvalue weighted by atomic mass is 9.87. The van der Waals surface area contributed by atoms with Crippen LogP contribution in [0.25, 0.3) is 0 Å². The van der Waals surface area contributed by atoms with E-state index in [0.717, 1.165) is 43.2 Å². The molecule has 0 fully saturated rings. The summed E-state index contributed by atoms with van der Waals surface area (Å²) in [7, 11) is 0. The van der Waals surface area contributed by atoms with Crippen molar-refractivity contribution in [2.75, 3.05) is 13.2 Å². The molecule has 142 valence electrons. The molecule has 26 heavy (non-hydrogen) atoms. The van der Waals surface area contributed by atoms with Crippen molar-refractivity contribution in [3.05, 3.63) is 53.9 Å². The fraction of sp³-hybridized carbons (Fsp3) is 0.522. The molecule has 0 saturated carbocycles. The van der Waals surface area contributed by atoms with Crippen LogP contribution < -0.4 is 9.47 Å². The van der Waals surface area contributed by atoms with E-state index < -0.39 is 0 Å². The molecule has 2 aliphatic heterocycles. The van der Waals surface area contributed by atoms with Crippen LogP contribution in [0.3, 0.4) is 0 Å². The molecule has 3 heterocycles. The molecular formula is C23H33NO2. The number of nitrogens with zero attached hydrogens (tertiary/aromatic N) is 1. The first-order valence-corrected chi connectivity index (χ1v) is 9.96. The molecule has 1 aromatic heterocycles.